The fourth-order valence-corrected chi connectivity index (χ4v) is 2.30. The van der Waals surface area contributed by atoms with Gasteiger partial charge in [-0.1, -0.05) is 80.6 Å². The molecule has 118 valence electrons. The first kappa shape index (κ1) is 16.8. The Morgan fingerprint density at radius 1 is 0.696 bits per heavy atom. The number of aryl methyl sites for hydroxylation is 1. The zero-order valence-corrected chi connectivity index (χ0v) is 14.1. The monoisotopic (exact) mass is 304 g/mol. The molecule has 0 bridgehead atoms. The summed E-state index contributed by atoms with van der Waals surface area (Å²) in [7, 11) is 0. The Morgan fingerprint density at radius 3 is 2.00 bits per heavy atom. The van der Waals surface area contributed by atoms with Crippen molar-refractivity contribution in [3.63, 3.8) is 0 Å². The van der Waals surface area contributed by atoms with Gasteiger partial charge in [0.05, 0.1) is 0 Å². The lowest BCUT2D eigenvalue weighted by Gasteiger charge is -2.08. The summed E-state index contributed by atoms with van der Waals surface area (Å²) >= 11 is 0. The van der Waals surface area contributed by atoms with E-state index < -0.39 is 0 Å². The average Bonchev–Trinajstić information content (AvgIpc) is 2.63. The molecule has 0 unspecified atom stereocenters. The standard InChI is InChI=1S/C20H18O.C2H6/c1-16-6-5-9-20(14-16)21-15-17-10-12-19(13-11-17)18-7-3-2-4-8-18;1-2/h2-14H,15H2,1H3;1-2H3. The molecule has 0 saturated heterocycles. The number of benzene rings is 3. The molecule has 0 saturated carbocycles. The predicted octanol–water partition coefficient (Wildman–Crippen LogP) is 6.27. The van der Waals surface area contributed by atoms with E-state index in [2.05, 4.69) is 67.6 Å². The van der Waals surface area contributed by atoms with E-state index in [1.54, 1.807) is 0 Å². The van der Waals surface area contributed by atoms with Gasteiger partial charge in [0.2, 0.25) is 0 Å². The Bertz CT molecular complexity index is 700. The average molecular weight is 304 g/mol. The second-order valence-electron chi connectivity index (χ2n) is 5.17. The maximum absolute atomic E-state index is 5.82. The maximum Gasteiger partial charge on any atom is 0.120 e. The van der Waals surface area contributed by atoms with Gasteiger partial charge < -0.3 is 4.74 Å². The first-order valence-electron chi connectivity index (χ1n) is 8.15. The topological polar surface area (TPSA) is 9.23 Å². The minimum absolute atomic E-state index is 0.596. The lowest BCUT2D eigenvalue weighted by atomic mass is 10.0. The van der Waals surface area contributed by atoms with Crippen LogP contribution in [0.5, 0.6) is 5.75 Å². The molecule has 0 N–H and O–H groups in total. The summed E-state index contributed by atoms with van der Waals surface area (Å²) in [6.45, 7) is 6.67. The zero-order chi connectivity index (χ0) is 16.5. The molecule has 0 amide bonds. The van der Waals surface area contributed by atoms with Gasteiger partial charge >= 0.3 is 0 Å². The molecule has 1 heteroatoms. The third-order valence-electron chi connectivity index (χ3n) is 3.46. The maximum atomic E-state index is 5.82. The molecule has 3 aromatic rings. The Balaban J connectivity index is 0.000000924. The molecule has 0 aromatic heterocycles. The molecule has 23 heavy (non-hydrogen) atoms. The van der Waals surface area contributed by atoms with Crippen molar-refractivity contribution in [1.82, 2.24) is 0 Å². The fraction of sp³-hybridized carbons (Fsp3) is 0.182. The van der Waals surface area contributed by atoms with Crippen LogP contribution in [0.1, 0.15) is 25.0 Å². The molecule has 0 heterocycles. The SMILES string of the molecule is CC.Cc1cccc(OCc2ccc(-c3ccccc3)cc2)c1. The molecule has 0 aliphatic rings. The van der Waals surface area contributed by atoms with Crippen molar-refractivity contribution in [1.29, 1.82) is 0 Å². The molecular weight excluding hydrogens is 280 g/mol. The molecule has 3 aromatic carbocycles. The molecule has 0 spiro atoms. The van der Waals surface area contributed by atoms with E-state index >= 15 is 0 Å². The van der Waals surface area contributed by atoms with E-state index in [9.17, 15) is 0 Å². The number of ether oxygens (including phenoxy) is 1. The second-order valence-corrected chi connectivity index (χ2v) is 5.17. The van der Waals surface area contributed by atoms with E-state index in [1.165, 1.54) is 22.3 Å². The quantitative estimate of drug-likeness (QED) is 0.552. The molecular formula is C22H24O. The third-order valence-corrected chi connectivity index (χ3v) is 3.46. The summed E-state index contributed by atoms with van der Waals surface area (Å²) in [6, 6.07) is 27.1. The first-order valence-corrected chi connectivity index (χ1v) is 8.15. The van der Waals surface area contributed by atoms with Crippen molar-refractivity contribution in [2.24, 2.45) is 0 Å². The summed E-state index contributed by atoms with van der Waals surface area (Å²) in [4.78, 5) is 0. The number of rotatable bonds is 4. The van der Waals surface area contributed by atoms with E-state index in [0.29, 0.717) is 6.61 Å². The second kappa shape index (κ2) is 8.79. The summed E-state index contributed by atoms with van der Waals surface area (Å²) in [6.07, 6.45) is 0. The fourth-order valence-electron chi connectivity index (χ4n) is 2.30. The largest absolute Gasteiger partial charge is 0.489 e. The lowest BCUT2D eigenvalue weighted by Crippen LogP contribution is -1.95. The Labute approximate surface area is 139 Å². The Hall–Kier alpha value is -2.54. The van der Waals surface area contributed by atoms with E-state index in [-0.39, 0.29) is 0 Å². The van der Waals surface area contributed by atoms with Crippen LogP contribution in [-0.2, 0) is 6.61 Å². The van der Waals surface area contributed by atoms with Crippen LogP contribution in [0.15, 0.2) is 78.9 Å². The van der Waals surface area contributed by atoms with Gasteiger partial charge in [-0.05, 0) is 41.3 Å². The Kier molecular flexibility index (Phi) is 6.43. The molecule has 0 aliphatic carbocycles. The summed E-state index contributed by atoms with van der Waals surface area (Å²) in [5.41, 5.74) is 4.86. The van der Waals surface area contributed by atoms with Crippen LogP contribution in [-0.4, -0.2) is 0 Å². The highest BCUT2D eigenvalue weighted by molar-refractivity contribution is 5.63. The van der Waals surface area contributed by atoms with Crippen LogP contribution < -0.4 is 4.74 Å². The normalized spacial score (nSPS) is 9.70. The number of hydrogen-bond donors (Lipinski definition) is 0. The first-order chi connectivity index (χ1) is 11.3. The molecule has 0 atom stereocenters. The van der Waals surface area contributed by atoms with Gasteiger partial charge in [0.1, 0.15) is 12.4 Å². The highest BCUT2D eigenvalue weighted by Crippen LogP contribution is 2.20. The highest BCUT2D eigenvalue weighted by atomic mass is 16.5. The van der Waals surface area contributed by atoms with Crippen molar-refractivity contribution in [3.8, 4) is 16.9 Å². The van der Waals surface area contributed by atoms with Crippen LogP contribution in [0.2, 0.25) is 0 Å². The van der Waals surface area contributed by atoms with Gasteiger partial charge in [-0.3, -0.25) is 0 Å². The van der Waals surface area contributed by atoms with E-state index in [0.717, 1.165) is 5.75 Å². The zero-order valence-electron chi connectivity index (χ0n) is 14.1. The van der Waals surface area contributed by atoms with Crippen molar-refractivity contribution in [2.75, 3.05) is 0 Å². The number of hydrogen-bond acceptors (Lipinski definition) is 1. The molecule has 3 rings (SSSR count). The molecule has 0 aliphatic heterocycles. The molecule has 0 fully saturated rings. The molecule has 1 nitrogen and oxygen atoms in total. The Morgan fingerprint density at radius 2 is 1.35 bits per heavy atom. The van der Waals surface area contributed by atoms with E-state index in [4.69, 9.17) is 4.74 Å². The highest BCUT2D eigenvalue weighted by Gasteiger charge is 1.99. The minimum Gasteiger partial charge on any atom is -0.489 e. The minimum atomic E-state index is 0.596. The van der Waals surface area contributed by atoms with Crippen LogP contribution in [0.4, 0.5) is 0 Å². The van der Waals surface area contributed by atoms with Gasteiger partial charge in [-0.25, -0.2) is 0 Å². The smallest absolute Gasteiger partial charge is 0.120 e. The van der Waals surface area contributed by atoms with Gasteiger partial charge in [0.15, 0.2) is 0 Å². The van der Waals surface area contributed by atoms with Crippen LogP contribution in [0, 0.1) is 6.92 Å². The third kappa shape index (κ3) is 5.00. The van der Waals surface area contributed by atoms with E-state index in [1.807, 2.05) is 32.0 Å². The lowest BCUT2D eigenvalue weighted by molar-refractivity contribution is 0.306. The van der Waals surface area contributed by atoms with Crippen LogP contribution >= 0.6 is 0 Å². The predicted molar refractivity (Wildman–Crippen MR) is 98.7 cm³/mol. The van der Waals surface area contributed by atoms with Crippen molar-refractivity contribution in [3.05, 3.63) is 90.0 Å². The summed E-state index contributed by atoms with van der Waals surface area (Å²) < 4.78 is 5.82. The summed E-state index contributed by atoms with van der Waals surface area (Å²) in [5.74, 6) is 0.919. The summed E-state index contributed by atoms with van der Waals surface area (Å²) in [5, 5.41) is 0. The van der Waals surface area contributed by atoms with Gasteiger partial charge in [-0.2, -0.15) is 0 Å². The molecule has 0 radical (unpaired) electrons. The van der Waals surface area contributed by atoms with Crippen LogP contribution in [0.25, 0.3) is 11.1 Å². The van der Waals surface area contributed by atoms with Gasteiger partial charge in [0.25, 0.3) is 0 Å². The van der Waals surface area contributed by atoms with Crippen molar-refractivity contribution >= 4 is 0 Å². The van der Waals surface area contributed by atoms with Gasteiger partial charge in [0, 0.05) is 0 Å². The van der Waals surface area contributed by atoms with Crippen molar-refractivity contribution in [2.45, 2.75) is 27.4 Å². The van der Waals surface area contributed by atoms with Gasteiger partial charge in [-0.15, -0.1) is 0 Å². The van der Waals surface area contributed by atoms with Crippen LogP contribution in [0.3, 0.4) is 0 Å². The van der Waals surface area contributed by atoms with Crippen molar-refractivity contribution < 1.29 is 4.74 Å².